The lowest BCUT2D eigenvalue weighted by atomic mass is 9.98. The molecule has 99 heavy (non-hydrogen) atoms. The van der Waals surface area contributed by atoms with Crippen LogP contribution in [0.5, 0.6) is 0 Å². The monoisotopic (exact) mass is 1510 g/mol. The number of methoxy groups -OCH3 is 2. The Morgan fingerprint density at radius 3 is 1.07 bits per heavy atom. The minimum Gasteiger partial charge on any atom is -0.480 e. The molecule has 0 spiro atoms. The number of carboxylic acids is 2. The van der Waals surface area contributed by atoms with Crippen molar-refractivity contribution in [1.82, 2.24) is 25.3 Å². The predicted molar refractivity (Wildman–Crippen MR) is 364 cm³/mol. The van der Waals surface area contributed by atoms with E-state index in [9.17, 15) is 80.5 Å². The number of aliphatic carboxylic acids is 2. The van der Waals surface area contributed by atoms with E-state index in [0.717, 1.165) is 23.0 Å². The van der Waals surface area contributed by atoms with Gasteiger partial charge in [-0.1, -0.05) is 6.92 Å². The van der Waals surface area contributed by atoms with Gasteiger partial charge in [-0.3, -0.25) is 33.9 Å². The fourth-order valence-corrected chi connectivity index (χ4v) is 13.8. The molecule has 39 heteroatoms. The first-order chi connectivity index (χ1) is 47.7. The average Bonchev–Trinajstić information content (AvgIpc) is 0.818. The summed E-state index contributed by atoms with van der Waals surface area (Å²) in [5.74, 6) is 2.32. The number of carbonyl (C=O) groups excluding carboxylic acids is 2. The molecule has 4 rings (SSSR count). The number of ether oxygens (including phenoxy) is 12. The Labute approximate surface area is 595 Å². The second-order valence-corrected chi connectivity index (χ2v) is 28.6. The summed E-state index contributed by atoms with van der Waals surface area (Å²) in [5.41, 5.74) is 11.1. The number of nitrogens with zero attached hydrogens (tertiary/aromatic N) is 3. The lowest BCUT2D eigenvalue weighted by molar-refractivity contribution is -0.335. The van der Waals surface area contributed by atoms with Crippen molar-refractivity contribution in [2.75, 3.05) is 198 Å². The molecule has 0 unspecified atom stereocenters. The predicted octanol–water partition coefficient (Wildman–Crippen LogP) is -6.64. The molecule has 580 valence electrons. The summed E-state index contributed by atoms with van der Waals surface area (Å²) in [6, 6.07) is 0. The van der Waals surface area contributed by atoms with Gasteiger partial charge in [-0.2, -0.15) is 47.0 Å². The Bertz CT molecular complexity index is 2180. The van der Waals surface area contributed by atoms with Gasteiger partial charge in [0.2, 0.25) is 11.8 Å². The highest BCUT2D eigenvalue weighted by atomic mass is 32.2. The number of aliphatic hydroxyl groups excluding tert-OH is 10. The van der Waals surface area contributed by atoms with E-state index in [-0.39, 0.29) is 91.4 Å². The van der Waals surface area contributed by atoms with Crippen LogP contribution in [0.1, 0.15) is 32.6 Å². The fourth-order valence-electron chi connectivity index (χ4n) is 10.9. The van der Waals surface area contributed by atoms with Crippen molar-refractivity contribution in [2.24, 2.45) is 11.5 Å². The topological polar surface area (TPSA) is 508 Å². The van der Waals surface area contributed by atoms with Crippen LogP contribution in [0.25, 0.3) is 0 Å². The van der Waals surface area contributed by atoms with Gasteiger partial charge in [-0.05, 0) is 55.2 Å². The third kappa shape index (κ3) is 32.4. The first kappa shape index (κ1) is 89.6. The van der Waals surface area contributed by atoms with Crippen LogP contribution >= 0.6 is 47.0 Å². The van der Waals surface area contributed by atoms with Crippen molar-refractivity contribution in [2.45, 2.75) is 155 Å². The molecule has 20 atom stereocenters. The molecular formula is C60H113N7O28S4. The zero-order valence-corrected chi connectivity index (χ0v) is 60.2. The molecular weight excluding hydrogens is 1390 g/mol. The van der Waals surface area contributed by atoms with Crippen molar-refractivity contribution < 1.29 is 137 Å². The Morgan fingerprint density at radius 1 is 0.414 bits per heavy atom. The highest BCUT2D eigenvalue weighted by Crippen LogP contribution is 2.31. The number of carbonyl (C=O) groups is 4. The van der Waals surface area contributed by atoms with Gasteiger partial charge in [0.15, 0.2) is 25.2 Å². The van der Waals surface area contributed by atoms with Crippen LogP contribution in [0.3, 0.4) is 0 Å². The largest absolute Gasteiger partial charge is 0.480 e. The highest BCUT2D eigenvalue weighted by Gasteiger charge is 2.51. The second-order valence-electron chi connectivity index (χ2n) is 23.7. The zero-order valence-electron chi connectivity index (χ0n) is 56.9. The van der Waals surface area contributed by atoms with Gasteiger partial charge < -0.3 is 140 Å². The third-order valence-electron chi connectivity index (χ3n) is 16.3. The van der Waals surface area contributed by atoms with Crippen LogP contribution in [0, 0.1) is 0 Å². The molecule has 4 fully saturated rings. The number of hydrogen-bond acceptors (Lipinski definition) is 35. The van der Waals surface area contributed by atoms with Crippen molar-refractivity contribution in [1.29, 1.82) is 0 Å². The lowest BCUT2D eigenvalue weighted by Crippen LogP contribution is -2.62. The number of likely N-dealkylation sites (N-methyl/N-ethyl adjacent to an activating group) is 1. The Hall–Kier alpha value is -1.80. The number of carboxylic acid groups (broad SMARTS) is 2. The fraction of sp³-hybridized carbons (Fsp3) is 0.933. The van der Waals surface area contributed by atoms with Crippen LogP contribution in [0.2, 0.25) is 0 Å². The van der Waals surface area contributed by atoms with Gasteiger partial charge in [0, 0.05) is 116 Å². The van der Waals surface area contributed by atoms with E-state index < -0.39 is 160 Å². The molecule has 0 bridgehead atoms. The van der Waals surface area contributed by atoms with E-state index >= 15 is 0 Å². The molecule has 4 aliphatic rings. The molecule has 35 nitrogen and oxygen atoms in total. The number of nitrogens with two attached hydrogens (primary N) is 2. The van der Waals surface area contributed by atoms with Crippen molar-refractivity contribution >= 4 is 70.8 Å². The Balaban J connectivity index is 1.10. The van der Waals surface area contributed by atoms with Gasteiger partial charge >= 0.3 is 11.9 Å². The van der Waals surface area contributed by atoms with E-state index in [1.807, 2.05) is 11.8 Å². The number of nitrogens with one attached hydrogen (secondary N) is 2. The van der Waals surface area contributed by atoms with Crippen LogP contribution in [0.15, 0.2) is 0 Å². The van der Waals surface area contributed by atoms with Gasteiger partial charge in [-0.15, -0.1) is 0 Å². The zero-order chi connectivity index (χ0) is 72.7. The third-order valence-corrected chi connectivity index (χ3v) is 20.6. The normalized spacial score (nSPS) is 30.5. The first-order valence-corrected chi connectivity index (χ1v) is 38.2. The molecule has 4 saturated heterocycles. The van der Waals surface area contributed by atoms with Gasteiger partial charge in [-0.25, -0.2) is 0 Å². The van der Waals surface area contributed by atoms with Crippen LogP contribution < -0.4 is 22.1 Å². The molecule has 0 aromatic rings. The van der Waals surface area contributed by atoms with E-state index in [2.05, 4.69) is 10.6 Å². The van der Waals surface area contributed by atoms with E-state index in [4.69, 9.17) is 68.3 Å². The molecule has 18 N–H and O–H groups in total. The van der Waals surface area contributed by atoms with E-state index in [0.29, 0.717) is 81.4 Å². The lowest BCUT2D eigenvalue weighted by Gasteiger charge is -2.44. The first-order valence-electron chi connectivity index (χ1n) is 33.5. The van der Waals surface area contributed by atoms with Gasteiger partial charge in [0.25, 0.3) is 0 Å². The van der Waals surface area contributed by atoms with Crippen LogP contribution in [-0.2, 0) is 76.0 Å². The van der Waals surface area contributed by atoms with Gasteiger partial charge in [0.1, 0.15) is 97.7 Å². The maximum absolute atomic E-state index is 13.0. The molecule has 0 aromatic carbocycles. The van der Waals surface area contributed by atoms with E-state index in [1.54, 1.807) is 40.2 Å². The number of thioether (sulfide) groups is 4. The number of aliphatic hydroxyl groups is 10. The molecule has 4 aliphatic heterocycles. The maximum Gasteiger partial charge on any atom is 0.317 e. The smallest absolute Gasteiger partial charge is 0.317 e. The maximum atomic E-state index is 13.0. The molecule has 0 saturated carbocycles. The van der Waals surface area contributed by atoms with Crippen molar-refractivity contribution in [3.05, 3.63) is 0 Å². The molecule has 4 heterocycles. The van der Waals surface area contributed by atoms with E-state index in [1.165, 1.54) is 30.9 Å². The second kappa shape index (κ2) is 51.4. The van der Waals surface area contributed by atoms with Crippen molar-refractivity contribution in [3.8, 4) is 0 Å². The average molecular weight is 1510 g/mol. The minimum atomic E-state index is -1.54. The summed E-state index contributed by atoms with van der Waals surface area (Å²) < 4.78 is 69.5. The summed E-state index contributed by atoms with van der Waals surface area (Å²) >= 11 is 6.33. The summed E-state index contributed by atoms with van der Waals surface area (Å²) in [6.45, 7) is 2.35. The van der Waals surface area contributed by atoms with Gasteiger partial charge in [0.05, 0.1) is 52.6 Å². The Kier molecular flexibility index (Phi) is 46.5. The molecule has 2 amide bonds. The van der Waals surface area contributed by atoms with Crippen LogP contribution in [0.4, 0.5) is 0 Å². The standard InChI is InChI=1S/C60H113N7O28S4/c1-4-65(29-41(70)63-11-27-98-23-7-18-87-54-52(83)48(79)40(95-58(54)85-3)35-90-59-55(88-19-6-22-97-26-10-62)49(80)45(76)37(33-68)92-59)13-14-66(31-43(72)73)15-16-67(32-44(74)75)30-42(71)64-12-28-99-24-8-20-89-56-50(81)46(77)38(34-69)93-60(56)91-36-39-47(78)51(82)53(57(84-2)94-39)86-17-5-21-96-25-9-61/h37-40,45-60,68-69,76-83H,4-36,61-62H2,1-3H3,(H,63,70)(H,64,71)(H,72,73)(H,74,75)/t37-,38-,39-,40-,45-,46-,47-,48-,49+,50+,51+,52+,53-,54-,55-,56-,57+,58+,59+,60+/m1/s1. The summed E-state index contributed by atoms with van der Waals surface area (Å²) in [4.78, 5) is 54.6. The highest BCUT2D eigenvalue weighted by molar-refractivity contribution is 7.99. The van der Waals surface area contributed by atoms with Crippen LogP contribution in [-0.4, -0.2) is 421 Å². The summed E-state index contributed by atoms with van der Waals surface area (Å²) in [7, 11) is 2.72. The molecule has 0 aromatic heterocycles. The SMILES string of the molecule is CCN(CCN(CCN(CC(=O)O)CC(=O)NCCSCCCO[C@H]1[C@@H](OC[C@H]2O[C@H](OC)[C@H](OCCCSCCN)[C@@H](O)[C@@H]2O)O[C@H](CO)[C@@H](O)[C@@H]1O)CC(=O)O)CC(=O)NCCSCCCO[C@H]1[C@@H](OC)O[C@H](CO[C@H]2O[C@H](CO)[C@@H](O)[C@H](O)[C@H]2OCCCSCCN)[C@@H](O)[C@@H]1O. The minimum absolute atomic E-state index is 0.0330. The molecule has 0 radical (unpaired) electrons. The number of hydrogen-bond donors (Lipinski definition) is 16. The van der Waals surface area contributed by atoms with Crippen molar-refractivity contribution in [3.63, 3.8) is 0 Å². The summed E-state index contributed by atoms with van der Waals surface area (Å²) in [5, 5.41) is 132. The number of rotatable bonds is 55. The molecule has 0 aliphatic carbocycles. The summed E-state index contributed by atoms with van der Waals surface area (Å²) in [6.07, 6.45) is -23.4. The number of amides is 2. The Morgan fingerprint density at radius 2 is 0.727 bits per heavy atom. The quantitative estimate of drug-likeness (QED) is 0.0252.